The maximum absolute atomic E-state index is 12.8. The molecule has 0 unspecified atom stereocenters. The number of phenols is 1. The van der Waals surface area contributed by atoms with Crippen LogP contribution in [-0.2, 0) is 9.47 Å². The van der Waals surface area contributed by atoms with Crippen molar-refractivity contribution in [2.45, 2.75) is 76.8 Å². The number of carbonyl (C=O) groups excluding carboxylic acids is 1. The Hall–Kier alpha value is -1.59. The molecule has 1 aromatic rings. The highest BCUT2D eigenvalue weighted by Gasteiger charge is 2.68. The van der Waals surface area contributed by atoms with E-state index in [-0.39, 0.29) is 34.7 Å². The number of carbonyl (C=O) groups is 1. The summed E-state index contributed by atoms with van der Waals surface area (Å²) in [6.45, 7) is 8.40. The number of ether oxygens (including phenoxy) is 2. The van der Waals surface area contributed by atoms with Crippen LogP contribution in [0.2, 0.25) is 0 Å². The van der Waals surface area contributed by atoms with Crippen LogP contribution >= 0.6 is 0 Å². The van der Waals surface area contributed by atoms with Crippen LogP contribution in [0.25, 0.3) is 0 Å². The predicted octanol–water partition coefficient (Wildman–Crippen LogP) is 3.67. The molecule has 2 N–H and O–H groups in total. The molecule has 0 amide bonds. The Morgan fingerprint density at radius 3 is 2.48 bits per heavy atom. The number of fused-ring (bicyclic) bond motifs is 2. The van der Waals surface area contributed by atoms with Gasteiger partial charge in [-0.05, 0) is 61.8 Å². The van der Waals surface area contributed by atoms with E-state index in [1.165, 1.54) is 12.1 Å². The monoisotopic (exact) mass is 374 g/mol. The van der Waals surface area contributed by atoms with Crippen molar-refractivity contribution >= 4 is 5.97 Å². The van der Waals surface area contributed by atoms with Crippen molar-refractivity contribution in [2.24, 2.45) is 17.3 Å². The van der Waals surface area contributed by atoms with E-state index in [1.807, 2.05) is 0 Å². The Morgan fingerprint density at radius 2 is 1.85 bits per heavy atom. The molecular weight excluding hydrogens is 344 g/mol. The van der Waals surface area contributed by atoms with Crippen LogP contribution in [0.4, 0.5) is 0 Å². The Balaban J connectivity index is 1.67. The fourth-order valence-electron chi connectivity index (χ4n) is 5.63. The third-order valence-corrected chi connectivity index (χ3v) is 7.41. The molecule has 5 nitrogen and oxygen atoms in total. The van der Waals surface area contributed by atoms with Crippen molar-refractivity contribution in [3.8, 4) is 5.75 Å². The highest BCUT2D eigenvalue weighted by atomic mass is 16.6. The van der Waals surface area contributed by atoms with Gasteiger partial charge in [-0.25, -0.2) is 4.79 Å². The standard InChI is InChI=1S/C22H30O5/c1-13(2)22(25)10-9-20(3)12-17-21(4,27-17)11-16(18(20)22)26-19(24)14-5-7-15(23)8-6-14/h5-8,13,16-18,23,25H,9-12H2,1-4H3/t16-,17+,18-,20+,21-,22-/m1/s1. The lowest BCUT2D eigenvalue weighted by Gasteiger charge is -2.44. The van der Waals surface area contributed by atoms with Crippen LogP contribution in [-0.4, -0.2) is 39.6 Å². The summed E-state index contributed by atoms with van der Waals surface area (Å²) in [5.41, 5.74) is -0.826. The van der Waals surface area contributed by atoms with Gasteiger partial charge in [0, 0.05) is 12.3 Å². The number of phenolic OH excluding ortho intramolecular Hbond substituents is 1. The van der Waals surface area contributed by atoms with E-state index in [0.29, 0.717) is 12.0 Å². The molecule has 0 bridgehead atoms. The lowest BCUT2D eigenvalue weighted by Crippen LogP contribution is -2.50. The molecule has 6 atom stereocenters. The molecule has 0 aromatic heterocycles. The second-order valence-electron chi connectivity index (χ2n) is 9.60. The minimum atomic E-state index is -0.845. The van der Waals surface area contributed by atoms with Gasteiger partial charge in [-0.1, -0.05) is 20.8 Å². The van der Waals surface area contributed by atoms with Gasteiger partial charge in [0.05, 0.1) is 22.9 Å². The van der Waals surface area contributed by atoms with Crippen molar-refractivity contribution in [1.29, 1.82) is 0 Å². The van der Waals surface area contributed by atoms with Gasteiger partial charge < -0.3 is 19.7 Å². The summed E-state index contributed by atoms with van der Waals surface area (Å²) in [6.07, 6.45) is 2.92. The van der Waals surface area contributed by atoms with E-state index >= 15 is 0 Å². The van der Waals surface area contributed by atoms with Crippen LogP contribution < -0.4 is 0 Å². The first-order valence-corrected chi connectivity index (χ1v) is 9.98. The van der Waals surface area contributed by atoms with Crippen molar-refractivity contribution in [3.63, 3.8) is 0 Å². The lowest BCUT2D eigenvalue weighted by atomic mass is 9.67. The van der Waals surface area contributed by atoms with E-state index in [4.69, 9.17) is 9.47 Å². The zero-order valence-corrected chi connectivity index (χ0v) is 16.6. The van der Waals surface area contributed by atoms with Crippen LogP contribution in [0.15, 0.2) is 24.3 Å². The topological polar surface area (TPSA) is 79.3 Å². The minimum absolute atomic E-state index is 0.0855. The lowest BCUT2D eigenvalue weighted by molar-refractivity contribution is -0.120. The van der Waals surface area contributed by atoms with Gasteiger partial charge in [0.15, 0.2) is 0 Å². The predicted molar refractivity (Wildman–Crippen MR) is 100 cm³/mol. The van der Waals surface area contributed by atoms with Gasteiger partial charge in [0.25, 0.3) is 0 Å². The van der Waals surface area contributed by atoms with Gasteiger partial charge in [0.1, 0.15) is 11.9 Å². The van der Waals surface area contributed by atoms with Crippen LogP contribution in [0, 0.1) is 17.3 Å². The first-order chi connectivity index (χ1) is 12.6. The van der Waals surface area contributed by atoms with E-state index in [2.05, 4.69) is 27.7 Å². The summed E-state index contributed by atoms with van der Waals surface area (Å²) in [6, 6.07) is 6.09. The molecule has 4 rings (SSSR count). The molecule has 1 saturated heterocycles. The molecule has 2 aliphatic carbocycles. The number of benzene rings is 1. The third kappa shape index (κ3) is 2.95. The fourth-order valence-corrected chi connectivity index (χ4v) is 5.63. The summed E-state index contributed by atoms with van der Waals surface area (Å²) >= 11 is 0. The number of aliphatic hydroxyl groups is 1. The van der Waals surface area contributed by atoms with E-state index in [0.717, 1.165) is 19.3 Å². The van der Waals surface area contributed by atoms with E-state index in [1.54, 1.807) is 12.1 Å². The minimum Gasteiger partial charge on any atom is -0.508 e. The number of aromatic hydroxyl groups is 1. The average Bonchev–Trinajstić information content (AvgIpc) is 3.12. The van der Waals surface area contributed by atoms with Crippen molar-refractivity contribution in [3.05, 3.63) is 29.8 Å². The zero-order chi connectivity index (χ0) is 19.6. The molecular formula is C22H30O5. The summed E-state index contributed by atoms with van der Waals surface area (Å²) in [5.74, 6) is -0.329. The van der Waals surface area contributed by atoms with Crippen LogP contribution in [0.1, 0.15) is 63.7 Å². The first-order valence-electron chi connectivity index (χ1n) is 9.98. The fraction of sp³-hybridized carbons (Fsp3) is 0.682. The Labute approximate surface area is 160 Å². The summed E-state index contributed by atoms with van der Waals surface area (Å²) in [7, 11) is 0. The molecule has 1 heterocycles. The zero-order valence-electron chi connectivity index (χ0n) is 16.6. The molecule has 3 fully saturated rings. The molecule has 2 saturated carbocycles. The average molecular weight is 374 g/mol. The molecule has 5 heteroatoms. The molecule has 0 spiro atoms. The number of rotatable bonds is 3. The number of hydrogen-bond donors (Lipinski definition) is 2. The quantitative estimate of drug-likeness (QED) is 0.623. The second-order valence-corrected chi connectivity index (χ2v) is 9.60. The Bertz CT molecular complexity index is 744. The molecule has 0 radical (unpaired) electrons. The molecule has 1 aromatic carbocycles. The third-order valence-electron chi connectivity index (χ3n) is 7.41. The van der Waals surface area contributed by atoms with Gasteiger partial charge in [-0.2, -0.15) is 0 Å². The maximum atomic E-state index is 12.8. The van der Waals surface area contributed by atoms with Crippen molar-refractivity contribution in [1.82, 2.24) is 0 Å². The number of esters is 1. The summed E-state index contributed by atoms with van der Waals surface area (Å²) in [5, 5.41) is 21.0. The summed E-state index contributed by atoms with van der Waals surface area (Å²) in [4.78, 5) is 12.8. The normalized spacial score (nSPS) is 43.0. The van der Waals surface area contributed by atoms with Crippen LogP contribution in [0.3, 0.4) is 0 Å². The number of hydrogen-bond acceptors (Lipinski definition) is 5. The van der Waals surface area contributed by atoms with E-state index < -0.39 is 17.7 Å². The Kier molecular flexibility index (Phi) is 4.13. The van der Waals surface area contributed by atoms with Gasteiger partial charge in [-0.3, -0.25) is 0 Å². The van der Waals surface area contributed by atoms with Gasteiger partial charge in [-0.15, -0.1) is 0 Å². The SMILES string of the molecule is CC(C)[C@]1(O)CC[C@@]2(C)C[C@@H]3O[C@]3(C)C[C@@H](OC(=O)c3ccc(O)cc3)[C@H]21. The summed E-state index contributed by atoms with van der Waals surface area (Å²) < 4.78 is 12.0. The molecule has 27 heavy (non-hydrogen) atoms. The maximum Gasteiger partial charge on any atom is 0.338 e. The molecule has 148 valence electrons. The van der Waals surface area contributed by atoms with Crippen molar-refractivity contribution < 1.29 is 24.5 Å². The van der Waals surface area contributed by atoms with Crippen LogP contribution in [0.5, 0.6) is 5.75 Å². The Morgan fingerprint density at radius 1 is 1.19 bits per heavy atom. The van der Waals surface area contributed by atoms with Crippen molar-refractivity contribution in [2.75, 3.05) is 0 Å². The second kappa shape index (κ2) is 5.95. The first kappa shape index (κ1) is 18.8. The smallest absolute Gasteiger partial charge is 0.338 e. The molecule has 1 aliphatic heterocycles. The number of epoxide rings is 1. The van der Waals surface area contributed by atoms with Gasteiger partial charge in [0.2, 0.25) is 0 Å². The largest absolute Gasteiger partial charge is 0.508 e. The van der Waals surface area contributed by atoms with E-state index in [9.17, 15) is 15.0 Å². The highest BCUT2D eigenvalue weighted by molar-refractivity contribution is 5.89. The molecule has 3 aliphatic rings. The highest BCUT2D eigenvalue weighted by Crippen LogP contribution is 2.63. The van der Waals surface area contributed by atoms with Gasteiger partial charge >= 0.3 is 5.97 Å².